The van der Waals surface area contributed by atoms with E-state index in [1.165, 1.54) is 20.3 Å². The van der Waals surface area contributed by atoms with Crippen LogP contribution in [0, 0.1) is 17.7 Å². The van der Waals surface area contributed by atoms with Gasteiger partial charge in [0.05, 0.1) is 31.7 Å². The van der Waals surface area contributed by atoms with E-state index in [1.54, 1.807) is 6.20 Å². The lowest BCUT2D eigenvalue weighted by Crippen LogP contribution is -2.04. The Labute approximate surface area is 144 Å². The molecule has 0 saturated heterocycles. The Hall–Kier alpha value is -3.26. The first-order valence-electron chi connectivity index (χ1n) is 7.64. The van der Waals surface area contributed by atoms with Gasteiger partial charge in [-0.05, 0) is 23.8 Å². The second-order valence-electron chi connectivity index (χ2n) is 5.37. The van der Waals surface area contributed by atoms with Crippen LogP contribution in [-0.4, -0.2) is 25.2 Å². The van der Waals surface area contributed by atoms with E-state index < -0.39 is 11.8 Å². The number of carbonyl (C=O) groups excluding carboxylic acids is 1. The summed E-state index contributed by atoms with van der Waals surface area (Å²) in [5.41, 5.74) is 2.11. The molecule has 3 rings (SSSR count). The Kier molecular flexibility index (Phi) is 4.71. The molecule has 0 spiro atoms. The van der Waals surface area contributed by atoms with Crippen molar-refractivity contribution >= 4 is 16.9 Å². The van der Waals surface area contributed by atoms with Gasteiger partial charge in [-0.2, -0.15) is 0 Å². The van der Waals surface area contributed by atoms with Gasteiger partial charge in [0.1, 0.15) is 11.6 Å². The number of nitrogens with one attached hydrogen (secondary N) is 1. The predicted octanol–water partition coefficient (Wildman–Crippen LogP) is 3.43. The number of hydrogen-bond acceptors (Lipinski definition) is 3. The highest BCUT2D eigenvalue weighted by Crippen LogP contribution is 2.34. The highest BCUT2D eigenvalue weighted by atomic mass is 19.1. The number of hydrogen-bond donors (Lipinski definition) is 1. The van der Waals surface area contributed by atoms with E-state index in [4.69, 9.17) is 9.47 Å². The minimum absolute atomic E-state index is 0.0157. The molecule has 25 heavy (non-hydrogen) atoms. The molecule has 1 aromatic heterocycles. The average Bonchev–Trinajstić information content (AvgIpc) is 3.05. The molecule has 0 aliphatic rings. The zero-order valence-electron chi connectivity index (χ0n) is 13.9. The summed E-state index contributed by atoms with van der Waals surface area (Å²) in [6, 6.07) is 10.7. The van der Waals surface area contributed by atoms with Gasteiger partial charge in [0.2, 0.25) is 0 Å². The first-order chi connectivity index (χ1) is 12.1. The SMILES string of the molecule is COC(=O)Cc1c[nH]c2c(F)cc(C#Cc3ccccc3)c(OC)c12. The number of fused-ring (bicyclic) bond motifs is 1. The van der Waals surface area contributed by atoms with Gasteiger partial charge in [0, 0.05) is 17.1 Å². The van der Waals surface area contributed by atoms with Gasteiger partial charge >= 0.3 is 5.97 Å². The van der Waals surface area contributed by atoms with Crippen molar-refractivity contribution in [3.05, 3.63) is 65.1 Å². The lowest BCUT2D eigenvalue weighted by molar-refractivity contribution is -0.139. The van der Waals surface area contributed by atoms with E-state index in [1.807, 2.05) is 30.3 Å². The second kappa shape index (κ2) is 7.10. The number of esters is 1. The lowest BCUT2D eigenvalue weighted by atomic mass is 10.0. The fourth-order valence-electron chi connectivity index (χ4n) is 2.64. The smallest absolute Gasteiger partial charge is 0.310 e. The van der Waals surface area contributed by atoms with Crippen LogP contribution in [0.25, 0.3) is 10.9 Å². The minimum Gasteiger partial charge on any atom is -0.495 e. The van der Waals surface area contributed by atoms with E-state index in [0.717, 1.165) is 5.56 Å². The van der Waals surface area contributed by atoms with Gasteiger partial charge in [-0.3, -0.25) is 4.79 Å². The maximum Gasteiger partial charge on any atom is 0.310 e. The molecule has 3 aromatic rings. The van der Waals surface area contributed by atoms with Crippen molar-refractivity contribution in [1.82, 2.24) is 4.98 Å². The topological polar surface area (TPSA) is 51.3 Å². The van der Waals surface area contributed by atoms with Crippen LogP contribution in [0.15, 0.2) is 42.6 Å². The summed E-state index contributed by atoms with van der Waals surface area (Å²) in [5, 5.41) is 0.505. The fraction of sp³-hybridized carbons (Fsp3) is 0.150. The number of carbonyl (C=O) groups is 1. The van der Waals surface area contributed by atoms with E-state index in [-0.39, 0.29) is 11.9 Å². The molecule has 126 valence electrons. The first-order valence-corrected chi connectivity index (χ1v) is 7.64. The number of benzene rings is 2. The van der Waals surface area contributed by atoms with E-state index >= 15 is 0 Å². The Morgan fingerprint density at radius 3 is 2.64 bits per heavy atom. The van der Waals surface area contributed by atoms with E-state index in [2.05, 4.69) is 16.8 Å². The molecule has 0 aliphatic carbocycles. The molecule has 5 heteroatoms. The van der Waals surface area contributed by atoms with Crippen molar-refractivity contribution in [2.45, 2.75) is 6.42 Å². The maximum atomic E-state index is 14.5. The Morgan fingerprint density at radius 1 is 1.20 bits per heavy atom. The monoisotopic (exact) mass is 337 g/mol. The summed E-state index contributed by atoms with van der Waals surface area (Å²) < 4.78 is 24.6. The van der Waals surface area contributed by atoms with Crippen LogP contribution in [0.4, 0.5) is 4.39 Å². The van der Waals surface area contributed by atoms with E-state index in [0.29, 0.717) is 22.3 Å². The summed E-state index contributed by atoms with van der Waals surface area (Å²) in [5.74, 6) is 5.51. The summed E-state index contributed by atoms with van der Waals surface area (Å²) in [4.78, 5) is 14.5. The third-order valence-corrected chi connectivity index (χ3v) is 3.83. The largest absolute Gasteiger partial charge is 0.495 e. The highest BCUT2D eigenvalue weighted by Gasteiger charge is 2.19. The molecular formula is C20H16FNO3. The van der Waals surface area contributed by atoms with Gasteiger partial charge in [0.15, 0.2) is 0 Å². The van der Waals surface area contributed by atoms with Gasteiger partial charge in [-0.1, -0.05) is 30.0 Å². The molecule has 0 bridgehead atoms. The second-order valence-corrected chi connectivity index (χ2v) is 5.37. The molecule has 1 heterocycles. The van der Waals surface area contributed by atoms with Crippen LogP contribution in [0.5, 0.6) is 5.75 Å². The zero-order chi connectivity index (χ0) is 17.8. The normalized spacial score (nSPS) is 10.2. The molecule has 0 fully saturated rings. The van der Waals surface area contributed by atoms with Gasteiger partial charge in [-0.15, -0.1) is 0 Å². The molecule has 0 saturated carbocycles. The molecule has 2 aromatic carbocycles. The number of halogens is 1. The van der Waals surface area contributed by atoms with Crippen molar-refractivity contribution in [3.63, 3.8) is 0 Å². The average molecular weight is 337 g/mol. The lowest BCUT2D eigenvalue weighted by Gasteiger charge is -2.08. The Balaban J connectivity index is 2.15. The van der Waals surface area contributed by atoms with Crippen LogP contribution in [-0.2, 0) is 16.0 Å². The molecule has 0 amide bonds. The summed E-state index contributed by atoms with van der Waals surface area (Å²) in [6.45, 7) is 0. The predicted molar refractivity (Wildman–Crippen MR) is 93.0 cm³/mol. The highest BCUT2D eigenvalue weighted by molar-refractivity contribution is 5.94. The summed E-state index contributed by atoms with van der Waals surface area (Å²) >= 11 is 0. The van der Waals surface area contributed by atoms with Crippen LogP contribution in [0.3, 0.4) is 0 Å². The van der Waals surface area contributed by atoms with Crippen molar-refractivity contribution in [1.29, 1.82) is 0 Å². The third kappa shape index (κ3) is 3.33. The van der Waals surface area contributed by atoms with Crippen LogP contribution in [0.1, 0.15) is 16.7 Å². The van der Waals surface area contributed by atoms with Crippen LogP contribution >= 0.6 is 0 Å². The number of methoxy groups -OCH3 is 2. The van der Waals surface area contributed by atoms with Gasteiger partial charge in [0.25, 0.3) is 0 Å². The standard InChI is InChI=1S/C20H16FNO3/c1-24-17(23)11-15-12-22-19-16(21)10-14(20(25-2)18(15)19)9-8-13-6-4-3-5-7-13/h3-7,10,12,22H,11H2,1-2H3. The Morgan fingerprint density at radius 2 is 1.96 bits per heavy atom. The molecule has 1 N–H and O–H groups in total. The number of rotatable bonds is 3. The molecule has 0 atom stereocenters. The molecule has 0 aliphatic heterocycles. The number of ether oxygens (including phenoxy) is 2. The zero-order valence-corrected chi connectivity index (χ0v) is 13.9. The quantitative estimate of drug-likeness (QED) is 0.588. The number of aromatic nitrogens is 1. The van der Waals surface area contributed by atoms with Crippen molar-refractivity contribution < 1.29 is 18.7 Å². The first kappa shape index (κ1) is 16.6. The summed E-state index contributed by atoms with van der Waals surface area (Å²) in [6.07, 6.45) is 1.60. The van der Waals surface area contributed by atoms with Crippen molar-refractivity contribution in [2.75, 3.05) is 14.2 Å². The van der Waals surface area contributed by atoms with Gasteiger partial charge < -0.3 is 14.5 Å². The summed E-state index contributed by atoms with van der Waals surface area (Å²) in [7, 11) is 2.81. The molecule has 4 nitrogen and oxygen atoms in total. The van der Waals surface area contributed by atoms with Crippen molar-refractivity contribution in [3.8, 4) is 17.6 Å². The number of aromatic amines is 1. The van der Waals surface area contributed by atoms with Crippen molar-refractivity contribution in [2.24, 2.45) is 0 Å². The maximum absolute atomic E-state index is 14.5. The van der Waals surface area contributed by atoms with E-state index in [9.17, 15) is 9.18 Å². The molecular weight excluding hydrogens is 321 g/mol. The Bertz CT molecular complexity index is 981. The van der Waals surface area contributed by atoms with Crippen LogP contribution < -0.4 is 4.74 Å². The fourth-order valence-corrected chi connectivity index (χ4v) is 2.64. The number of H-pyrrole nitrogens is 1. The molecule has 0 unspecified atom stereocenters. The van der Waals surface area contributed by atoms with Crippen LogP contribution in [0.2, 0.25) is 0 Å². The molecule has 0 radical (unpaired) electrons. The minimum atomic E-state index is -0.454. The third-order valence-electron chi connectivity index (χ3n) is 3.83. The van der Waals surface area contributed by atoms with Gasteiger partial charge in [-0.25, -0.2) is 4.39 Å².